The molecule has 1 aromatic carbocycles. The zero-order valence-electron chi connectivity index (χ0n) is 11.0. The van der Waals surface area contributed by atoms with Crippen LogP contribution in [0.25, 0.3) is 0 Å². The average molecular weight is 263 g/mol. The third-order valence-electron chi connectivity index (χ3n) is 3.56. The Balaban J connectivity index is 2.24. The van der Waals surface area contributed by atoms with Crippen LogP contribution in [-0.2, 0) is 0 Å². The number of hydrogen-bond donors (Lipinski definition) is 2. The van der Waals surface area contributed by atoms with E-state index in [4.69, 9.17) is 5.73 Å². The van der Waals surface area contributed by atoms with Gasteiger partial charge in [0.25, 0.3) is 11.6 Å². The van der Waals surface area contributed by atoms with Crippen molar-refractivity contribution in [1.29, 1.82) is 0 Å². The molecule has 0 spiro atoms. The van der Waals surface area contributed by atoms with Crippen molar-refractivity contribution < 1.29 is 9.72 Å². The molecule has 6 heteroatoms. The van der Waals surface area contributed by atoms with E-state index in [9.17, 15) is 14.9 Å². The molecule has 0 bridgehead atoms. The van der Waals surface area contributed by atoms with Crippen LogP contribution in [0, 0.1) is 16.0 Å². The minimum Gasteiger partial charge on any atom is -0.393 e. The normalized spacial score (nSPS) is 15.1. The standard InChI is InChI=1S/C13H17N3O3/c1-13(2,8-6-7-8)15-12(17)9-4-3-5-10(11(9)14)16(18)19/h3-5,8H,6-7,14H2,1-2H3,(H,15,17). The zero-order valence-corrected chi connectivity index (χ0v) is 11.0. The lowest BCUT2D eigenvalue weighted by atomic mass is 9.98. The fraction of sp³-hybridized carbons (Fsp3) is 0.462. The van der Waals surface area contributed by atoms with Crippen LogP contribution in [0.1, 0.15) is 37.0 Å². The molecule has 1 aliphatic carbocycles. The van der Waals surface area contributed by atoms with Crippen molar-refractivity contribution in [2.75, 3.05) is 5.73 Å². The average Bonchev–Trinajstić information content (AvgIpc) is 3.11. The number of nitrogen functional groups attached to an aromatic ring is 1. The molecular formula is C13H17N3O3. The molecule has 102 valence electrons. The first-order valence-electron chi connectivity index (χ1n) is 6.18. The van der Waals surface area contributed by atoms with Crippen LogP contribution < -0.4 is 11.1 Å². The van der Waals surface area contributed by atoms with Crippen molar-refractivity contribution in [3.05, 3.63) is 33.9 Å². The molecule has 1 fully saturated rings. The second kappa shape index (κ2) is 4.53. The van der Waals surface area contributed by atoms with Crippen molar-refractivity contribution in [1.82, 2.24) is 5.32 Å². The summed E-state index contributed by atoms with van der Waals surface area (Å²) in [4.78, 5) is 22.4. The third kappa shape index (κ3) is 2.67. The van der Waals surface area contributed by atoms with Gasteiger partial charge in [0.1, 0.15) is 5.69 Å². The third-order valence-corrected chi connectivity index (χ3v) is 3.56. The molecule has 6 nitrogen and oxygen atoms in total. The van der Waals surface area contributed by atoms with Crippen LogP contribution in [0.3, 0.4) is 0 Å². The number of nitrogens with one attached hydrogen (secondary N) is 1. The van der Waals surface area contributed by atoms with Crippen molar-refractivity contribution in [2.45, 2.75) is 32.2 Å². The van der Waals surface area contributed by atoms with Gasteiger partial charge >= 0.3 is 0 Å². The summed E-state index contributed by atoms with van der Waals surface area (Å²) in [5, 5.41) is 13.7. The Hall–Kier alpha value is -2.11. The highest BCUT2D eigenvalue weighted by molar-refractivity contribution is 6.01. The maximum Gasteiger partial charge on any atom is 0.292 e. The molecule has 1 aromatic rings. The molecule has 1 saturated carbocycles. The minimum atomic E-state index is -0.585. The molecule has 0 saturated heterocycles. The molecule has 19 heavy (non-hydrogen) atoms. The van der Waals surface area contributed by atoms with Crippen LogP contribution in [0.2, 0.25) is 0 Å². The number of nitro benzene ring substituents is 1. The minimum absolute atomic E-state index is 0.0865. The first-order valence-corrected chi connectivity index (χ1v) is 6.18. The number of anilines is 1. The Morgan fingerprint density at radius 3 is 2.63 bits per heavy atom. The maximum atomic E-state index is 12.2. The van der Waals surface area contributed by atoms with Gasteiger partial charge in [0.2, 0.25) is 0 Å². The van der Waals surface area contributed by atoms with Gasteiger partial charge in [-0.1, -0.05) is 6.07 Å². The van der Waals surface area contributed by atoms with Crippen molar-refractivity contribution in [3.63, 3.8) is 0 Å². The fourth-order valence-electron chi connectivity index (χ4n) is 2.18. The van der Waals surface area contributed by atoms with Crippen LogP contribution in [0.15, 0.2) is 18.2 Å². The zero-order chi connectivity index (χ0) is 14.2. The lowest BCUT2D eigenvalue weighted by Crippen LogP contribution is -2.45. The number of nitrogens with zero attached hydrogens (tertiary/aromatic N) is 1. The number of nitrogens with two attached hydrogens (primary N) is 1. The number of rotatable bonds is 4. The topological polar surface area (TPSA) is 98.3 Å². The van der Waals surface area contributed by atoms with Gasteiger partial charge in [-0.25, -0.2) is 0 Å². The van der Waals surface area contributed by atoms with Crippen LogP contribution in [-0.4, -0.2) is 16.4 Å². The van der Waals surface area contributed by atoms with Crippen molar-refractivity contribution >= 4 is 17.3 Å². The van der Waals surface area contributed by atoms with E-state index in [1.165, 1.54) is 18.2 Å². The van der Waals surface area contributed by atoms with Gasteiger partial charge < -0.3 is 11.1 Å². The number of carbonyl (C=O) groups excluding carboxylic acids is 1. The molecule has 3 N–H and O–H groups in total. The van der Waals surface area contributed by atoms with Gasteiger partial charge in [-0.05, 0) is 38.7 Å². The summed E-state index contributed by atoms with van der Waals surface area (Å²) in [6, 6.07) is 4.26. The Morgan fingerprint density at radius 2 is 2.11 bits per heavy atom. The van der Waals surface area contributed by atoms with E-state index in [1.54, 1.807) is 0 Å². The Labute approximate surface area is 111 Å². The number of amides is 1. The second-order valence-corrected chi connectivity index (χ2v) is 5.45. The highest BCUT2D eigenvalue weighted by atomic mass is 16.6. The predicted molar refractivity (Wildman–Crippen MR) is 71.8 cm³/mol. The lowest BCUT2D eigenvalue weighted by Gasteiger charge is -2.26. The van der Waals surface area contributed by atoms with Gasteiger partial charge in [0.05, 0.1) is 10.5 Å². The van der Waals surface area contributed by atoms with E-state index in [0.29, 0.717) is 5.92 Å². The van der Waals surface area contributed by atoms with Gasteiger partial charge in [0, 0.05) is 11.6 Å². The molecule has 0 aromatic heterocycles. The van der Waals surface area contributed by atoms with Crippen molar-refractivity contribution in [3.8, 4) is 0 Å². The number of hydrogen-bond acceptors (Lipinski definition) is 4. The van der Waals surface area contributed by atoms with Crippen LogP contribution in [0.5, 0.6) is 0 Å². The Bertz CT molecular complexity index is 536. The highest BCUT2D eigenvalue weighted by Crippen LogP contribution is 2.39. The molecule has 2 rings (SSSR count). The van der Waals surface area contributed by atoms with Crippen LogP contribution in [0.4, 0.5) is 11.4 Å². The van der Waals surface area contributed by atoms with E-state index in [1.807, 2.05) is 13.8 Å². The number of benzene rings is 1. The van der Waals surface area contributed by atoms with Crippen molar-refractivity contribution in [2.24, 2.45) is 5.92 Å². The van der Waals surface area contributed by atoms with Gasteiger partial charge in [0.15, 0.2) is 0 Å². The summed E-state index contributed by atoms with van der Waals surface area (Å²) >= 11 is 0. The van der Waals surface area contributed by atoms with Crippen LogP contribution >= 0.6 is 0 Å². The Morgan fingerprint density at radius 1 is 1.47 bits per heavy atom. The van der Waals surface area contributed by atoms with E-state index < -0.39 is 4.92 Å². The van der Waals surface area contributed by atoms with E-state index in [-0.39, 0.29) is 28.4 Å². The summed E-state index contributed by atoms with van der Waals surface area (Å²) in [7, 11) is 0. The summed E-state index contributed by atoms with van der Waals surface area (Å²) in [5.74, 6) is 0.106. The smallest absolute Gasteiger partial charge is 0.292 e. The largest absolute Gasteiger partial charge is 0.393 e. The van der Waals surface area contributed by atoms with Gasteiger partial charge in [-0.15, -0.1) is 0 Å². The number of carbonyl (C=O) groups is 1. The SMILES string of the molecule is CC(C)(NC(=O)c1cccc([N+](=O)[O-])c1N)C1CC1. The molecule has 0 aliphatic heterocycles. The first kappa shape index (κ1) is 13.3. The molecule has 0 atom stereocenters. The molecule has 0 radical (unpaired) electrons. The summed E-state index contributed by atoms with van der Waals surface area (Å²) in [6.07, 6.45) is 2.19. The quantitative estimate of drug-likeness (QED) is 0.493. The Kier molecular flexibility index (Phi) is 3.18. The van der Waals surface area contributed by atoms with E-state index in [0.717, 1.165) is 12.8 Å². The molecule has 1 aliphatic rings. The number of para-hydroxylation sites is 1. The highest BCUT2D eigenvalue weighted by Gasteiger charge is 2.39. The monoisotopic (exact) mass is 263 g/mol. The fourth-order valence-corrected chi connectivity index (χ4v) is 2.18. The van der Waals surface area contributed by atoms with Gasteiger partial charge in [-0.3, -0.25) is 14.9 Å². The summed E-state index contributed by atoms with van der Waals surface area (Å²) in [5.41, 5.74) is 5.21. The second-order valence-electron chi connectivity index (χ2n) is 5.45. The lowest BCUT2D eigenvalue weighted by molar-refractivity contribution is -0.383. The molecule has 1 amide bonds. The van der Waals surface area contributed by atoms with E-state index >= 15 is 0 Å². The first-order chi connectivity index (χ1) is 8.83. The molecule has 0 unspecified atom stereocenters. The summed E-state index contributed by atoms with van der Waals surface area (Å²) < 4.78 is 0. The number of nitro groups is 1. The molecule has 0 heterocycles. The summed E-state index contributed by atoms with van der Waals surface area (Å²) in [6.45, 7) is 3.91. The van der Waals surface area contributed by atoms with E-state index in [2.05, 4.69) is 5.32 Å². The predicted octanol–water partition coefficient (Wildman–Crippen LogP) is 2.10. The van der Waals surface area contributed by atoms with Gasteiger partial charge in [-0.2, -0.15) is 0 Å². The molecular weight excluding hydrogens is 246 g/mol. The maximum absolute atomic E-state index is 12.2.